The molecule has 0 fully saturated rings. The molecule has 0 radical (unpaired) electrons. The van der Waals surface area contributed by atoms with Crippen LogP contribution in [0.4, 0.5) is 11.4 Å². The molecule has 7 nitrogen and oxygen atoms in total. The first-order valence-corrected chi connectivity index (χ1v) is 9.17. The molecule has 2 heterocycles. The number of fused-ring (bicyclic) bond motifs is 1. The lowest BCUT2D eigenvalue weighted by molar-refractivity contribution is -0.130. The molecule has 30 heavy (non-hydrogen) atoms. The molecule has 0 atom stereocenters. The molecule has 5 N–H and O–H groups in total. The van der Waals surface area contributed by atoms with E-state index in [9.17, 15) is 14.7 Å². The average molecular weight is 398 g/mol. The van der Waals surface area contributed by atoms with Gasteiger partial charge in [0.15, 0.2) is 0 Å². The summed E-state index contributed by atoms with van der Waals surface area (Å²) in [7, 11) is 0. The molecule has 0 bridgehead atoms. The Morgan fingerprint density at radius 3 is 2.50 bits per heavy atom. The van der Waals surface area contributed by atoms with Gasteiger partial charge in [-0.3, -0.25) is 4.79 Å². The summed E-state index contributed by atoms with van der Waals surface area (Å²) in [5.74, 6) is -1.42. The van der Waals surface area contributed by atoms with Crippen LogP contribution in [0.1, 0.15) is 21.5 Å². The highest BCUT2D eigenvalue weighted by atomic mass is 16.4. The standard InChI is InChI=1S/C23H18N4O3/c24-18-9-5-4-8-16(18)22(28)27-19-10-11-25-21-20(19)15(13-26-21)12-17(23(29)30)14-6-2-1-3-7-14/h1-13H,24H2,(H,29,30)(H2,25,26,27,28)/b17-12+. The van der Waals surface area contributed by atoms with Crippen molar-refractivity contribution in [2.45, 2.75) is 0 Å². The molecule has 1 amide bonds. The maximum atomic E-state index is 12.7. The first-order chi connectivity index (χ1) is 14.5. The highest BCUT2D eigenvalue weighted by Gasteiger charge is 2.16. The Kier molecular flexibility index (Phi) is 5.00. The van der Waals surface area contributed by atoms with E-state index in [0.717, 1.165) is 0 Å². The van der Waals surface area contributed by atoms with E-state index in [2.05, 4.69) is 15.3 Å². The lowest BCUT2D eigenvalue weighted by atomic mass is 10.0. The number of H-pyrrole nitrogens is 1. The summed E-state index contributed by atoms with van der Waals surface area (Å²) in [6.45, 7) is 0. The molecule has 2 aromatic heterocycles. The van der Waals surface area contributed by atoms with Crippen LogP contribution in [-0.2, 0) is 4.79 Å². The maximum Gasteiger partial charge on any atom is 0.336 e. The summed E-state index contributed by atoms with van der Waals surface area (Å²) in [4.78, 5) is 31.9. The number of anilines is 2. The number of aromatic nitrogens is 2. The number of carbonyl (C=O) groups excluding carboxylic acids is 1. The van der Waals surface area contributed by atoms with E-state index in [0.29, 0.717) is 39.1 Å². The van der Waals surface area contributed by atoms with E-state index in [-0.39, 0.29) is 11.5 Å². The molecule has 0 unspecified atom stereocenters. The highest BCUT2D eigenvalue weighted by Crippen LogP contribution is 2.29. The van der Waals surface area contributed by atoms with Gasteiger partial charge in [0, 0.05) is 29.0 Å². The third-order valence-corrected chi connectivity index (χ3v) is 4.67. The largest absolute Gasteiger partial charge is 0.478 e. The van der Waals surface area contributed by atoms with Gasteiger partial charge in [0.05, 0.1) is 16.8 Å². The number of nitrogens with zero attached hydrogens (tertiary/aromatic N) is 1. The van der Waals surface area contributed by atoms with Crippen LogP contribution in [0.3, 0.4) is 0 Å². The third-order valence-electron chi connectivity index (χ3n) is 4.67. The molecule has 148 valence electrons. The van der Waals surface area contributed by atoms with Crippen molar-refractivity contribution in [3.63, 3.8) is 0 Å². The molecular formula is C23H18N4O3. The van der Waals surface area contributed by atoms with Gasteiger partial charge >= 0.3 is 5.97 Å². The molecule has 0 saturated heterocycles. The van der Waals surface area contributed by atoms with Crippen LogP contribution < -0.4 is 11.1 Å². The van der Waals surface area contributed by atoms with Gasteiger partial charge in [-0.25, -0.2) is 9.78 Å². The molecule has 4 aromatic rings. The number of amides is 1. The van der Waals surface area contributed by atoms with Crippen molar-refractivity contribution >= 4 is 45.9 Å². The summed E-state index contributed by atoms with van der Waals surface area (Å²) in [6.07, 6.45) is 4.78. The van der Waals surface area contributed by atoms with Crippen LogP contribution in [-0.4, -0.2) is 27.0 Å². The zero-order valence-corrected chi connectivity index (χ0v) is 15.8. The zero-order valence-electron chi connectivity index (χ0n) is 15.8. The number of rotatable bonds is 5. The topological polar surface area (TPSA) is 121 Å². The number of benzene rings is 2. The van der Waals surface area contributed by atoms with Crippen molar-refractivity contribution in [1.82, 2.24) is 9.97 Å². The Bertz CT molecular complexity index is 1280. The second-order valence-electron chi connectivity index (χ2n) is 6.60. The van der Waals surface area contributed by atoms with Crippen LogP contribution in [0.15, 0.2) is 73.1 Å². The lowest BCUT2D eigenvalue weighted by Crippen LogP contribution is -2.14. The molecule has 2 aromatic carbocycles. The number of hydrogen-bond donors (Lipinski definition) is 4. The predicted octanol–water partition coefficient (Wildman–Crippen LogP) is 4.02. The van der Waals surface area contributed by atoms with E-state index >= 15 is 0 Å². The van der Waals surface area contributed by atoms with Gasteiger partial charge in [-0.05, 0) is 29.8 Å². The van der Waals surface area contributed by atoms with E-state index < -0.39 is 5.97 Å². The van der Waals surface area contributed by atoms with Crippen molar-refractivity contribution in [3.05, 3.63) is 89.7 Å². The summed E-state index contributed by atoms with van der Waals surface area (Å²) >= 11 is 0. The van der Waals surface area contributed by atoms with Crippen LogP contribution in [0.2, 0.25) is 0 Å². The van der Waals surface area contributed by atoms with Gasteiger partial charge < -0.3 is 21.1 Å². The Balaban J connectivity index is 1.79. The van der Waals surface area contributed by atoms with Gasteiger partial charge in [0.1, 0.15) is 5.65 Å². The van der Waals surface area contributed by atoms with Crippen molar-refractivity contribution in [2.75, 3.05) is 11.1 Å². The molecule has 0 aliphatic rings. The number of carboxylic acid groups (broad SMARTS) is 1. The van der Waals surface area contributed by atoms with Crippen LogP contribution in [0.5, 0.6) is 0 Å². The number of hydrogen-bond acceptors (Lipinski definition) is 4. The van der Waals surface area contributed by atoms with Gasteiger partial charge in [0.25, 0.3) is 5.91 Å². The number of pyridine rings is 1. The van der Waals surface area contributed by atoms with E-state index in [1.54, 1.807) is 73.1 Å². The number of nitrogen functional groups attached to an aromatic ring is 1. The van der Waals surface area contributed by atoms with Crippen molar-refractivity contribution in [1.29, 1.82) is 0 Å². The van der Waals surface area contributed by atoms with Gasteiger partial charge in [-0.2, -0.15) is 0 Å². The van der Waals surface area contributed by atoms with E-state index in [1.807, 2.05) is 6.07 Å². The van der Waals surface area contributed by atoms with Gasteiger partial charge in [-0.15, -0.1) is 0 Å². The first-order valence-electron chi connectivity index (χ1n) is 9.17. The van der Waals surface area contributed by atoms with Crippen molar-refractivity contribution in [2.24, 2.45) is 0 Å². The Labute approximate surface area is 171 Å². The number of nitrogens with two attached hydrogens (primary N) is 1. The molecule has 0 aliphatic heterocycles. The van der Waals surface area contributed by atoms with Crippen LogP contribution in [0, 0.1) is 0 Å². The van der Waals surface area contributed by atoms with Crippen LogP contribution >= 0.6 is 0 Å². The Hall–Kier alpha value is -4.39. The fourth-order valence-electron chi connectivity index (χ4n) is 3.23. The van der Waals surface area contributed by atoms with Gasteiger partial charge in [-0.1, -0.05) is 42.5 Å². The predicted molar refractivity (Wildman–Crippen MR) is 117 cm³/mol. The fraction of sp³-hybridized carbons (Fsp3) is 0. The van der Waals surface area contributed by atoms with Crippen LogP contribution in [0.25, 0.3) is 22.7 Å². The van der Waals surface area contributed by atoms with Crippen molar-refractivity contribution < 1.29 is 14.7 Å². The lowest BCUT2D eigenvalue weighted by Gasteiger charge is -2.09. The molecular weight excluding hydrogens is 380 g/mol. The number of aromatic amines is 1. The number of para-hydroxylation sites is 1. The minimum absolute atomic E-state index is 0.130. The normalized spacial score (nSPS) is 11.4. The minimum Gasteiger partial charge on any atom is -0.478 e. The summed E-state index contributed by atoms with van der Waals surface area (Å²) in [6, 6.07) is 17.3. The number of aliphatic carboxylic acids is 1. The Morgan fingerprint density at radius 1 is 1.03 bits per heavy atom. The second-order valence-corrected chi connectivity index (χ2v) is 6.60. The quantitative estimate of drug-likeness (QED) is 0.299. The fourth-order valence-corrected chi connectivity index (χ4v) is 3.23. The monoisotopic (exact) mass is 398 g/mol. The summed E-state index contributed by atoms with van der Waals surface area (Å²) in [5, 5.41) is 13.2. The molecule has 0 aliphatic carbocycles. The molecule has 0 saturated carbocycles. The van der Waals surface area contributed by atoms with E-state index in [1.165, 1.54) is 0 Å². The van der Waals surface area contributed by atoms with Crippen molar-refractivity contribution in [3.8, 4) is 0 Å². The molecule has 0 spiro atoms. The summed E-state index contributed by atoms with van der Waals surface area (Å²) in [5.41, 5.74) is 8.95. The summed E-state index contributed by atoms with van der Waals surface area (Å²) < 4.78 is 0. The number of nitrogens with one attached hydrogen (secondary N) is 2. The van der Waals surface area contributed by atoms with Gasteiger partial charge in [0.2, 0.25) is 0 Å². The minimum atomic E-state index is -1.05. The average Bonchev–Trinajstić information content (AvgIpc) is 3.16. The highest BCUT2D eigenvalue weighted by molar-refractivity contribution is 6.22. The van der Waals surface area contributed by atoms with E-state index in [4.69, 9.17) is 5.73 Å². The molecule has 7 heteroatoms. The first kappa shape index (κ1) is 18.9. The third kappa shape index (κ3) is 3.64. The maximum absolute atomic E-state index is 12.7. The Morgan fingerprint density at radius 2 is 1.77 bits per heavy atom. The number of carboxylic acids is 1. The SMILES string of the molecule is Nc1ccccc1C(=O)Nc1ccnc2[nH]cc(/C=C(/C(=O)O)c3ccccc3)c12. The zero-order chi connectivity index (χ0) is 21.1. The second kappa shape index (κ2) is 7.92. The smallest absolute Gasteiger partial charge is 0.336 e. The molecule has 4 rings (SSSR count). The number of carbonyl (C=O) groups is 2.